The Morgan fingerprint density at radius 1 is 1.50 bits per heavy atom. The van der Waals surface area contributed by atoms with Crippen LogP contribution in [-0.2, 0) is 18.6 Å². The molecule has 1 amide bonds. The van der Waals surface area contributed by atoms with Crippen molar-refractivity contribution < 1.29 is 17.9 Å². The Labute approximate surface area is 130 Å². The Morgan fingerprint density at radius 2 is 2.20 bits per heavy atom. The topological polar surface area (TPSA) is 72.5 Å². The number of benzene rings is 1. The third kappa shape index (κ3) is 3.33. The van der Waals surface area contributed by atoms with Crippen LogP contribution in [0.2, 0.25) is 0 Å². The average Bonchev–Trinajstić information content (AvgIpc) is 2.78. The number of halogens is 2. The molecular formula is C12H13BrClNO4S. The van der Waals surface area contributed by atoms with Crippen LogP contribution in [0.4, 0.5) is 5.69 Å². The van der Waals surface area contributed by atoms with Gasteiger partial charge in [0.2, 0.25) is 0 Å². The third-order valence-corrected chi connectivity index (χ3v) is 5.18. The maximum Gasteiger partial charge on any atom is 0.261 e. The molecule has 1 heterocycles. The van der Waals surface area contributed by atoms with Crippen molar-refractivity contribution in [1.29, 1.82) is 0 Å². The van der Waals surface area contributed by atoms with Crippen LogP contribution in [0, 0.1) is 0 Å². The molecular weight excluding hydrogens is 370 g/mol. The van der Waals surface area contributed by atoms with E-state index in [1.807, 2.05) is 0 Å². The van der Waals surface area contributed by atoms with Crippen LogP contribution in [-0.4, -0.2) is 26.5 Å². The summed E-state index contributed by atoms with van der Waals surface area (Å²) in [6.07, 6.45) is 1.50. The van der Waals surface area contributed by atoms with Gasteiger partial charge < -0.3 is 10.1 Å². The number of amides is 1. The summed E-state index contributed by atoms with van der Waals surface area (Å²) < 4.78 is 28.3. The molecule has 1 atom stereocenters. The molecule has 1 unspecified atom stereocenters. The van der Waals surface area contributed by atoms with Crippen molar-refractivity contribution in [3.05, 3.63) is 22.7 Å². The van der Waals surface area contributed by atoms with Gasteiger partial charge in [-0.2, -0.15) is 0 Å². The molecule has 0 aliphatic carbocycles. The maximum atomic E-state index is 12.2. The van der Waals surface area contributed by atoms with Gasteiger partial charge in [0.15, 0.2) is 0 Å². The lowest BCUT2D eigenvalue weighted by Crippen LogP contribution is -2.39. The molecule has 1 saturated heterocycles. The van der Waals surface area contributed by atoms with Gasteiger partial charge in [-0.05, 0) is 53.9 Å². The van der Waals surface area contributed by atoms with Gasteiger partial charge in [0, 0.05) is 21.8 Å². The highest BCUT2D eigenvalue weighted by molar-refractivity contribution is 9.10. The van der Waals surface area contributed by atoms with Gasteiger partial charge >= 0.3 is 0 Å². The Balaban J connectivity index is 2.20. The first-order valence-electron chi connectivity index (χ1n) is 5.92. The molecule has 0 aromatic heterocycles. The predicted molar refractivity (Wildman–Crippen MR) is 79.4 cm³/mol. The summed E-state index contributed by atoms with van der Waals surface area (Å²) in [5, 5.41) is 2.72. The minimum Gasteiger partial charge on any atom is -0.365 e. The van der Waals surface area contributed by atoms with E-state index in [2.05, 4.69) is 21.2 Å². The van der Waals surface area contributed by atoms with E-state index in [0.717, 1.165) is 6.42 Å². The maximum absolute atomic E-state index is 12.2. The normalized spacial score (nSPS) is 22.8. The number of ether oxygens (including phenoxy) is 1. The molecule has 2 rings (SSSR count). The Kier molecular flexibility index (Phi) is 4.44. The van der Waals surface area contributed by atoms with E-state index in [1.165, 1.54) is 18.2 Å². The lowest BCUT2D eigenvalue weighted by atomic mass is 10.0. The molecule has 20 heavy (non-hydrogen) atoms. The zero-order valence-corrected chi connectivity index (χ0v) is 13.8. The highest BCUT2D eigenvalue weighted by Crippen LogP contribution is 2.30. The summed E-state index contributed by atoms with van der Waals surface area (Å²) in [4.78, 5) is 12.1. The molecule has 1 aromatic carbocycles. The highest BCUT2D eigenvalue weighted by atomic mass is 79.9. The highest BCUT2D eigenvalue weighted by Gasteiger charge is 2.37. The van der Waals surface area contributed by atoms with Crippen molar-refractivity contribution in [3.63, 3.8) is 0 Å². The Hall–Kier alpha value is -0.630. The fourth-order valence-corrected chi connectivity index (χ4v) is 3.37. The second-order valence-electron chi connectivity index (χ2n) is 4.72. The molecule has 1 aromatic rings. The second-order valence-corrected chi connectivity index (χ2v) is 8.14. The number of rotatable bonds is 3. The third-order valence-electron chi connectivity index (χ3n) is 3.17. The SMILES string of the molecule is CC1(C(=O)Nc2ccc(S(=O)(=O)Cl)cc2Br)CCCO1. The monoisotopic (exact) mass is 381 g/mol. The van der Waals surface area contributed by atoms with Crippen molar-refractivity contribution in [1.82, 2.24) is 0 Å². The molecule has 1 N–H and O–H groups in total. The first-order valence-corrected chi connectivity index (χ1v) is 9.02. The predicted octanol–water partition coefficient (Wildman–Crippen LogP) is 2.88. The van der Waals surface area contributed by atoms with Gasteiger partial charge in [-0.25, -0.2) is 8.42 Å². The zero-order chi connectivity index (χ0) is 15.0. The molecule has 0 bridgehead atoms. The summed E-state index contributed by atoms with van der Waals surface area (Å²) in [5.41, 5.74) is -0.368. The molecule has 0 radical (unpaired) electrons. The van der Waals surface area contributed by atoms with Crippen molar-refractivity contribution in [2.75, 3.05) is 11.9 Å². The lowest BCUT2D eigenvalue weighted by molar-refractivity contribution is -0.133. The van der Waals surface area contributed by atoms with E-state index >= 15 is 0 Å². The van der Waals surface area contributed by atoms with Gasteiger partial charge in [0.05, 0.1) is 10.6 Å². The largest absolute Gasteiger partial charge is 0.365 e. The van der Waals surface area contributed by atoms with Crippen molar-refractivity contribution >= 4 is 47.3 Å². The van der Waals surface area contributed by atoms with Crippen LogP contribution in [0.1, 0.15) is 19.8 Å². The minimum absolute atomic E-state index is 0.0348. The number of anilines is 1. The van der Waals surface area contributed by atoms with Crippen molar-refractivity contribution in [3.8, 4) is 0 Å². The van der Waals surface area contributed by atoms with E-state index in [4.69, 9.17) is 15.4 Å². The molecule has 1 fully saturated rings. The summed E-state index contributed by atoms with van der Waals surface area (Å²) in [5.74, 6) is -0.253. The fraction of sp³-hybridized carbons (Fsp3) is 0.417. The van der Waals surface area contributed by atoms with Crippen molar-refractivity contribution in [2.24, 2.45) is 0 Å². The first-order chi connectivity index (χ1) is 9.22. The van der Waals surface area contributed by atoms with Gasteiger partial charge in [-0.1, -0.05) is 0 Å². The van der Waals surface area contributed by atoms with Gasteiger partial charge in [-0.15, -0.1) is 0 Å². The molecule has 1 aliphatic heterocycles. The van der Waals surface area contributed by atoms with Gasteiger partial charge in [0.1, 0.15) is 5.60 Å². The van der Waals surface area contributed by atoms with Crippen LogP contribution >= 0.6 is 26.6 Å². The van der Waals surface area contributed by atoms with E-state index in [0.29, 0.717) is 23.2 Å². The lowest BCUT2D eigenvalue weighted by Gasteiger charge is -2.22. The van der Waals surface area contributed by atoms with Crippen LogP contribution in [0.5, 0.6) is 0 Å². The smallest absolute Gasteiger partial charge is 0.261 e. The van der Waals surface area contributed by atoms with E-state index in [1.54, 1.807) is 6.92 Å². The molecule has 0 spiro atoms. The summed E-state index contributed by atoms with van der Waals surface area (Å²) in [6, 6.07) is 4.16. The summed E-state index contributed by atoms with van der Waals surface area (Å²) in [6.45, 7) is 2.30. The summed E-state index contributed by atoms with van der Waals surface area (Å²) >= 11 is 3.22. The van der Waals surface area contributed by atoms with Crippen LogP contribution in [0.25, 0.3) is 0 Å². The van der Waals surface area contributed by atoms with Gasteiger partial charge in [0.25, 0.3) is 15.0 Å². The second kappa shape index (κ2) is 5.63. The quantitative estimate of drug-likeness (QED) is 0.816. The van der Waals surface area contributed by atoms with Gasteiger partial charge in [-0.3, -0.25) is 4.79 Å². The van der Waals surface area contributed by atoms with Crippen LogP contribution in [0.15, 0.2) is 27.6 Å². The molecule has 5 nitrogen and oxygen atoms in total. The minimum atomic E-state index is -3.79. The van der Waals surface area contributed by atoms with E-state index < -0.39 is 14.7 Å². The standard InChI is InChI=1S/C12H13BrClNO4S/c1-12(5-2-6-19-12)11(16)15-10-4-3-8(7-9(10)13)20(14,17)18/h3-4,7H,2,5-6H2,1H3,(H,15,16). The fourth-order valence-electron chi connectivity index (χ4n) is 1.96. The molecule has 0 saturated carbocycles. The molecule has 8 heteroatoms. The zero-order valence-electron chi connectivity index (χ0n) is 10.7. The number of carbonyl (C=O) groups excluding carboxylic acids is 1. The van der Waals surface area contributed by atoms with Crippen molar-refractivity contribution in [2.45, 2.75) is 30.3 Å². The van der Waals surface area contributed by atoms with E-state index in [-0.39, 0.29) is 10.8 Å². The Bertz CT molecular complexity index is 641. The number of carbonyl (C=O) groups is 1. The average molecular weight is 383 g/mol. The summed E-state index contributed by atoms with van der Waals surface area (Å²) in [7, 11) is 1.46. The molecule has 110 valence electrons. The number of hydrogen-bond donors (Lipinski definition) is 1. The first kappa shape index (κ1) is 15.8. The van der Waals surface area contributed by atoms with Crippen LogP contribution in [0.3, 0.4) is 0 Å². The number of nitrogens with one attached hydrogen (secondary N) is 1. The molecule has 1 aliphatic rings. The Morgan fingerprint density at radius 3 is 2.70 bits per heavy atom. The number of hydrogen-bond acceptors (Lipinski definition) is 4. The van der Waals surface area contributed by atoms with E-state index in [9.17, 15) is 13.2 Å². The van der Waals surface area contributed by atoms with Crippen LogP contribution < -0.4 is 5.32 Å².